The summed E-state index contributed by atoms with van der Waals surface area (Å²) < 4.78 is 42.0. The number of hydrogen-bond acceptors (Lipinski definition) is 4. The third-order valence-corrected chi connectivity index (χ3v) is 6.92. The molecule has 1 unspecified atom stereocenters. The van der Waals surface area contributed by atoms with Gasteiger partial charge in [-0.1, -0.05) is 17.7 Å². The molecule has 0 amide bonds. The first-order chi connectivity index (χ1) is 10.6. The van der Waals surface area contributed by atoms with Crippen LogP contribution in [0.3, 0.4) is 0 Å². The van der Waals surface area contributed by atoms with Gasteiger partial charge in [0.05, 0.1) is 0 Å². The van der Waals surface area contributed by atoms with Gasteiger partial charge >= 0.3 is 7.60 Å². The topological polar surface area (TPSA) is 125 Å². The lowest BCUT2D eigenvalue weighted by Crippen LogP contribution is -2.20. The molecule has 7 nitrogen and oxygen atoms in total. The zero-order valence-electron chi connectivity index (χ0n) is 12.9. The molecule has 0 aliphatic carbocycles. The highest BCUT2D eigenvalue weighted by Crippen LogP contribution is 2.46. The fourth-order valence-electron chi connectivity index (χ4n) is 2.10. The van der Waals surface area contributed by atoms with Gasteiger partial charge in [0.2, 0.25) is 0 Å². The summed E-state index contributed by atoms with van der Waals surface area (Å²) in [6, 6.07) is 5.70. The zero-order valence-corrected chi connectivity index (χ0v) is 14.6. The van der Waals surface area contributed by atoms with Crippen molar-refractivity contribution < 1.29 is 27.3 Å². The number of hydrogen-bond donors (Lipinski definition) is 3. The van der Waals surface area contributed by atoms with Crippen LogP contribution in [0.4, 0.5) is 0 Å². The van der Waals surface area contributed by atoms with Crippen molar-refractivity contribution in [3.8, 4) is 0 Å². The molecule has 23 heavy (non-hydrogen) atoms. The Kier molecular flexibility index (Phi) is 7.57. The molecular weight excluding hydrogens is 341 g/mol. The van der Waals surface area contributed by atoms with Crippen molar-refractivity contribution >= 4 is 17.7 Å². The van der Waals surface area contributed by atoms with E-state index in [2.05, 4.69) is 4.98 Å². The Labute approximate surface area is 136 Å². The number of aryl methyl sites for hydroxylation is 1. The second-order valence-electron chi connectivity index (χ2n) is 5.36. The molecule has 9 heteroatoms. The molecular formula is C14H22NO6PS. The number of allylic oxidation sites excluding steroid dienone is 2. The van der Waals surface area contributed by atoms with Gasteiger partial charge in [-0.05, 0) is 51.2 Å². The summed E-state index contributed by atoms with van der Waals surface area (Å²) in [5.41, 5.74) is 2.07. The van der Waals surface area contributed by atoms with Gasteiger partial charge in [0.25, 0.3) is 10.1 Å². The number of unbranched alkanes of at least 4 members (excludes halogenated alkanes) is 1. The maximum Gasteiger partial charge on any atom is 0.346 e. The Morgan fingerprint density at radius 2 is 2.09 bits per heavy atom. The molecule has 1 aromatic rings. The normalized spacial score (nSPS) is 14.7. The highest BCUT2D eigenvalue weighted by Gasteiger charge is 2.38. The van der Waals surface area contributed by atoms with Gasteiger partial charge in [-0.25, -0.2) is 0 Å². The molecule has 0 aromatic carbocycles. The van der Waals surface area contributed by atoms with Crippen molar-refractivity contribution in [2.75, 3.05) is 0 Å². The summed E-state index contributed by atoms with van der Waals surface area (Å²) in [4.78, 5) is 20.1. The SMILES string of the molecule is C/C(=C\CCCC(P(=O)(O)O)S(=O)(=O)O)CCc1ccccn1. The highest BCUT2D eigenvalue weighted by atomic mass is 32.2. The van der Waals surface area contributed by atoms with Crippen molar-refractivity contribution in [3.63, 3.8) is 0 Å². The van der Waals surface area contributed by atoms with Crippen LogP contribution in [0.15, 0.2) is 36.0 Å². The summed E-state index contributed by atoms with van der Waals surface area (Å²) in [5, 5.41) is 0. The number of aromatic nitrogens is 1. The maximum absolute atomic E-state index is 11.1. The molecule has 1 atom stereocenters. The number of rotatable bonds is 9. The Bertz CT molecular complexity index is 668. The highest BCUT2D eigenvalue weighted by molar-refractivity contribution is 7.93. The van der Waals surface area contributed by atoms with E-state index >= 15 is 0 Å². The standard InChI is InChI=1S/C14H22NO6PS/c1-12(9-10-13-7-4-5-11-15-13)6-2-3-8-14(22(16,17)18)23(19,20)21/h4-7,11,14H,2-3,8-10H2,1H3,(H2,16,17,18)(H,19,20,21)/b12-6+. The predicted molar refractivity (Wildman–Crippen MR) is 87.5 cm³/mol. The molecule has 3 N–H and O–H groups in total. The van der Waals surface area contributed by atoms with Crippen LogP contribution in [0.5, 0.6) is 0 Å². The van der Waals surface area contributed by atoms with E-state index in [1.54, 1.807) is 6.20 Å². The summed E-state index contributed by atoms with van der Waals surface area (Å²) in [7, 11) is -9.64. The molecule has 0 aliphatic heterocycles. The largest absolute Gasteiger partial charge is 0.346 e. The minimum atomic E-state index is -4.88. The van der Waals surface area contributed by atoms with Gasteiger partial charge in [-0.2, -0.15) is 8.42 Å². The molecule has 0 bridgehead atoms. The van der Waals surface area contributed by atoms with Crippen LogP contribution in [0.25, 0.3) is 0 Å². The van der Waals surface area contributed by atoms with E-state index in [0.717, 1.165) is 24.1 Å². The van der Waals surface area contributed by atoms with Crippen LogP contribution in [0.1, 0.15) is 38.3 Å². The van der Waals surface area contributed by atoms with E-state index in [4.69, 9.17) is 14.3 Å². The van der Waals surface area contributed by atoms with Gasteiger partial charge in [-0.3, -0.25) is 14.1 Å². The minimum Gasteiger partial charge on any atom is -0.323 e. The van der Waals surface area contributed by atoms with Gasteiger partial charge in [0.15, 0.2) is 4.99 Å². The monoisotopic (exact) mass is 363 g/mol. The van der Waals surface area contributed by atoms with Crippen LogP contribution in [-0.2, 0) is 21.1 Å². The van der Waals surface area contributed by atoms with Crippen molar-refractivity contribution in [2.24, 2.45) is 0 Å². The average molecular weight is 363 g/mol. The van der Waals surface area contributed by atoms with Gasteiger partial charge < -0.3 is 9.79 Å². The predicted octanol–water partition coefficient (Wildman–Crippen LogP) is 2.52. The van der Waals surface area contributed by atoms with Crippen LogP contribution in [0.2, 0.25) is 0 Å². The van der Waals surface area contributed by atoms with Crippen LogP contribution < -0.4 is 0 Å². The molecule has 1 rings (SSSR count). The first kappa shape index (κ1) is 20.0. The van der Waals surface area contributed by atoms with E-state index in [-0.39, 0.29) is 12.8 Å². The molecule has 1 heterocycles. The summed E-state index contributed by atoms with van der Waals surface area (Å²) >= 11 is 0. The van der Waals surface area contributed by atoms with Gasteiger partial charge in [0, 0.05) is 11.9 Å². The second-order valence-corrected chi connectivity index (χ2v) is 9.11. The first-order valence-corrected chi connectivity index (χ1v) is 10.4. The third-order valence-electron chi connectivity index (χ3n) is 3.37. The molecule has 0 saturated heterocycles. The fourth-order valence-corrected chi connectivity index (χ4v) is 4.48. The van der Waals surface area contributed by atoms with Crippen molar-refractivity contribution in [1.29, 1.82) is 0 Å². The lowest BCUT2D eigenvalue weighted by molar-refractivity contribution is 0.360. The summed E-state index contributed by atoms with van der Waals surface area (Å²) in [6.07, 6.45) is 5.69. The lowest BCUT2D eigenvalue weighted by atomic mass is 10.1. The molecule has 0 fully saturated rings. The Balaban J connectivity index is 2.44. The van der Waals surface area contributed by atoms with Crippen molar-refractivity contribution in [2.45, 2.75) is 44.0 Å². The minimum absolute atomic E-state index is 0.260. The van der Waals surface area contributed by atoms with E-state index in [0.29, 0.717) is 6.42 Å². The zero-order chi connectivity index (χ0) is 17.5. The fraction of sp³-hybridized carbons (Fsp3) is 0.500. The number of pyridine rings is 1. The first-order valence-electron chi connectivity index (χ1n) is 7.18. The Morgan fingerprint density at radius 1 is 1.39 bits per heavy atom. The molecule has 0 radical (unpaired) electrons. The third kappa shape index (κ3) is 7.85. The van der Waals surface area contributed by atoms with E-state index in [1.807, 2.05) is 31.2 Å². The van der Waals surface area contributed by atoms with E-state index in [1.165, 1.54) is 0 Å². The second kappa shape index (κ2) is 8.70. The molecule has 0 aliphatic rings. The molecule has 130 valence electrons. The summed E-state index contributed by atoms with van der Waals surface area (Å²) in [5.74, 6) is 0. The average Bonchev–Trinajstić information content (AvgIpc) is 2.43. The smallest absolute Gasteiger partial charge is 0.323 e. The van der Waals surface area contributed by atoms with Crippen molar-refractivity contribution in [1.82, 2.24) is 4.98 Å². The maximum atomic E-state index is 11.1. The molecule has 0 spiro atoms. The Morgan fingerprint density at radius 3 is 2.61 bits per heavy atom. The molecule has 1 aromatic heterocycles. The lowest BCUT2D eigenvalue weighted by Gasteiger charge is -2.14. The van der Waals surface area contributed by atoms with Crippen LogP contribution in [-0.4, -0.2) is 32.7 Å². The van der Waals surface area contributed by atoms with E-state index in [9.17, 15) is 13.0 Å². The Hall–Kier alpha value is -1.05. The van der Waals surface area contributed by atoms with Crippen LogP contribution >= 0.6 is 7.60 Å². The van der Waals surface area contributed by atoms with Crippen molar-refractivity contribution in [3.05, 3.63) is 41.7 Å². The number of nitrogens with zero attached hydrogens (tertiary/aromatic N) is 1. The van der Waals surface area contributed by atoms with Gasteiger partial charge in [0.1, 0.15) is 0 Å². The van der Waals surface area contributed by atoms with E-state index < -0.39 is 22.7 Å². The van der Waals surface area contributed by atoms with Gasteiger partial charge in [-0.15, -0.1) is 0 Å². The quantitative estimate of drug-likeness (QED) is 0.266. The summed E-state index contributed by atoms with van der Waals surface area (Å²) in [6.45, 7) is 1.94. The molecule has 0 saturated carbocycles. The van der Waals surface area contributed by atoms with Crippen LogP contribution in [0, 0.1) is 0 Å².